The van der Waals surface area contributed by atoms with Gasteiger partial charge in [-0.2, -0.15) is 0 Å². The van der Waals surface area contributed by atoms with Crippen molar-refractivity contribution in [2.45, 2.75) is 0 Å². The van der Waals surface area contributed by atoms with E-state index in [9.17, 15) is 20.2 Å². The predicted octanol–water partition coefficient (Wildman–Crippen LogP) is -2.22. The Bertz CT molecular complexity index is 786. The van der Waals surface area contributed by atoms with Crippen molar-refractivity contribution >= 4 is 23.0 Å². The van der Waals surface area contributed by atoms with Crippen molar-refractivity contribution in [1.29, 1.82) is 0 Å². The molecule has 0 fully saturated rings. The molecule has 2 aromatic carbocycles. The molecule has 0 atom stereocenters. The molecule has 0 unspecified atom stereocenters. The summed E-state index contributed by atoms with van der Waals surface area (Å²) in [4.78, 5) is 26.3. The van der Waals surface area contributed by atoms with Gasteiger partial charge < -0.3 is 0 Å². The Kier molecular flexibility index (Phi) is 5.93. The van der Waals surface area contributed by atoms with Crippen LogP contribution in [0.25, 0.3) is 0 Å². The molecular weight excluding hydrogens is 340 g/mol. The number of non-ortho nitro benzene ring substituents is 2. The Balaban J connectivity index is 1.94. The van der Waals surface area contributed by atoms with Gasteiger partial charge in [0.2, 0.25) is 0 Å². The molecule has 0 amide bonds. The Morgan fingerprint density at radius 3 is 1.31 bits per heavy atom. The van der Waals surface area contributed by atoms with Crippen LogP contribution in [-0.4, -0.2) is 34.6 Å². The van der Waals surface area contributed by atoms with Crippen LogP contribution in [0.15, 0.2) is 48.5 Å². The highest BCUT2D eigenvalue weighted by molar-refractivity contribution is 5.93. The number of nitro benzene ring substituents is 2. The average molecular weight is 358 g/mol. The number of nitrogens with one attached hydrogen (secondary N) is 2. The van der Waals surface area contributed by atoms with Gasteiger partial charge in [0, 0.05) is 24.3 Å². The monoisotopic (exact) mass is 358 g/mol. The molecule has 0 aromatic heterocycles. The van der Waals surface area contributed by atoms with Crippen LogP contribution in [0.3, 0.4) is 0 Å². The molecule has 0 saturated carbocycles. The predicted molar refractivity (Wildman–Crippen MR) is 94.4 cm³/mol. The molecule has 6 N–H and O–H groups in total. The first-order valence-corrected chi connectivity index (χ1v) is 7.60. The van der Waals surface area contributed by atoms with E-state index >= 15 is 0 Å². The first-order valence-electron chi connectivity index (χ1n) is 7.60. The van der Waals surface area contributed by atoms with Crippen LogP contribution >= 0.6 is 0 Å². The topological polar surface area (TPSA) is 166 Å². The zero-order valence-electron chi connectivity index (χ0n) is 13.7. The molecule has 0 radical (unpaired) electrons. The lowest BCUT2D eigenvalue weighted by Gasteiger charge is -1.97. The van der Waals surface area contributed by atoms with Crippen molar-refractivity contribution < 1.29 is 19.8 Å². The van der Waals surface area contributed by atoms with Crippen molar-refractivity contribution in [2.75, 3.05) is 13.1 Å². The minimum Gasteiger partial charge on any atom is -0.287 e. The minimum atomic E-state index is -0.478. The standard InChI is InChI=1S/C16H16N6O4/c17-15(11-1-5-13(6-2-11)21(23)24)19-9-10-20-16(18)12-3-7-14(8-4-12)22(25)26/h1-8H,9-10H2,(H2,17,19)(H2,18,20)/p+2. The summed E-state index contributed by atoms with van der Waals surface area (Å²) in [6.45, 7) is 0.910. The Morgan fingerprint density at radius 2 is 1.04 bits per heavy atom. The molecule has 134 valence electrons. The highest BCUT2D eigenvalue weighted by atomic mass is 16.6. The molecule has 0 spiro atoms. The van der Waals surface area contributed by atoms with E-state index in [2.05, 4.69) is 9.98 Å². The van der Waals surface area contributed by atoms with Crippen LogP contribution in [0.1, 0.15) is 11.1 Å². The molecule has 2 aromatic rings. The second kappa shape index (κ2) is 8.33. The molecule has 0 aliphatic carbocycles. The maximum absolute atomic E-state index is 10.6. The molecule has 2 rings (SSSR count). The van der Waals surface area contributed by atoms with Gasteiger partial charge in [-0.15, -0.1) is 0 Å². The van der Waals surface area contributed by atoms with Crippen LogP contribution in [0.4, 0.5) is 11.4 Å². The second-order valence-electron chi connectivity index (χ2n) is 5.29. The number of rotatable bonds is 7. The third kappa shape index (κ3) is 4.84. The average Bonchev–Trinajstić information content (AvgIpc) is 2.65. The van der Waals surface area contributed by atoms with E-state index in [0.717, 1.165) is 0 Å². The fourth-order valence-corrected chi connectivity index (χ4v) is 2.12. The molecule has 0 aliphatic rings. The summed E-state index contributed by atoms with van der Waals surface area (Å²) in [6.07, 6.45) is 0. The lowest BCUT2D eigenvalue weighted by Crippen LogP contribution is -2.86. The Hall–Kier alpha value is -3.82. The number of amidine groups is 2. The number of nitro groups is 2. The summed E-state index contributed by atoms with van der Waals surface area (Å²) in [6, 6.07) is 11.8. The summed E-state index contributed by atoms with van der Waals surface area (Å²) < 4.78 is 0. The molecular formula is C16H18N6O4+2. The van der Waals surface area contributed by atoms with Crippen molar-refractivity contribution in [3.05, 3.63) is 79.9 Å². The van der Waals surface area contributed by atoms with Gasteiger partial charge in [-0.3, -0.25) is 41.7 Å². The van der Waals surface area contributed by atoms with Crippen molar-refractivity contribution in [1.82, 2.24) is 0 Å². The van der Waals surface area contributed by atoms with Gasteiger partial charge in [-0.25, -0.2) is 0 Å². The van der Waals surface area contributed by atoms with Crippen LogP contribution < -0.4 is 21.5 Å². The van der Waals surface area contributed by atoms with Crippen LogP contribution in [0.5, 0.6) is 0 Å². The maximum Gasteiger partial charge on any atom is 0.272 e. The maximum atomic E-state index is 10.6. The van der Waals surface area contributed by atoms with Gasteiger partial charge in [0.25, 0.3) is 23.0 Å². The van der Waals surface area contributed by atoms with E-state index < -0.39 is 9.85 Å². The molecule has 0 heterocycles. The molecule has 10 heteroatoms. The zero-order valence-corrected chi connectivity index (χ0v) is 13.7. The molecule has 26 heavy (non-hydrogen) atoms. The number of hydrogen-bond acceptors (Lipinski definition) is 4. The van der Waals surface area contributed by atoms with Gasteiger partial charge in [0.1, 0.15) is 13.1 Å². The van der Waals surface area contributed by atoms with E-state index in [-0.39, 0.29) is 11.4 Å². The van der Waals surface area contributed by atoms with E-state index in [1.54, 1.807) is 24.3 Å². The van der Waals surface area contributed by atoms with Gasteiger partial charge >= 0.3 is 0 Å². The van der Waals surface area contributed by atoms with Gasteiger partial charge in [0.05, 0.1) is 21.0 Å². The lowest BCUT2D eigenvalue weighted by molar-refractivity contribution is -0.538. The highest BCUT2D eigenvalue weighted by Gasteiger charge is 2.10. The summed E-state index contributed by atoms with van der Waals surface area (Å²) in [7, 11) is 0. The first-order chi connectivity index (χ1) is 12.4. The SMILES string of the molecule is NC(=[NH+]CC[NH+]=C(N)c1ccc([N+](=O)[O-])cc1)c1ccc([N+](=O)[O-])cc1. The van der Waals surface area contributed by atoms with E-state index in [1.807, 2.05) is 0 Å². The third-order valence-corrected chi connectivity index (χ3v) is 3.53. The fourth-order valence-electron chi connectivity index (χ4n) is 2.12. The van der Waals surface area contributed by atoms with E-state index in [1.165, 1.54) is 24.3 Å². The molecule has 0 aliphatic heterocycles. The largest absolute Gasteiger partial charge is 0.287 e. The van der Waals surface area contributed by atoms with Crippen molar-refractivity contribution in [3.63, 3.8) is 0 Å². The van der Waals surface area contributed by atoms with E-state index in [4.69, 9.17) is 11.5 Å². The fraction of sp³-hybridized carbons (Fsp3) is 0.125. The van der Waals surface area contributed by atoms with Crippen LogP contribution in [-0.2, 0) is 0 Å². The first kappa shape index (κ1) is 18.5. The number of nitrogens with two attached hydrogens (primary N) is 2. The van der Waals surface area contributed by atoms with Crippen molar-refractivity contribution in [2.24, 2.45) is 11.5 Å². The van der Waals surface area contributed by atoms with Gasteiger partial charge in [-0.1, -0.05) is 0 Å². The summed E-state index contributed by atoms with van der Waals surface area (Å²) >= 11 is 0. The summed E-state index contributed by atoms with van der Waals surface area (Å²) in [5, 5.41) is 21.2. The smallest absolute Gasteiger partial charge is 0.272 e. The Labute approximate surface area is 148 Å². The lowest BCUT2D eigenvalue weighted by atomic mass is 10.2. The van der Waals surface area contributed by atoms with E-state index in [0.29, 0.717) is 35.9 Å². The Morgan fingerprint density at radius 1 is 0.731 bits per heavy atom. The third-order valence-electron chi connectivity index (χ3n) is 3.53. The quantitative estimate of drug-likeness (QED) is 0.144. The molecule has 10 nitrogen and oxygen atoms in total. The van der Waals surface area contributed by atoms with Crippen LogP contribution in [0, 0.1) is 20.2 Å². The molecule has 0 bridgehead atoms. The zero-order chi connectivity index (χ0) is 19.1. The van der Waals surface area contributed by atoms with Gasteiger partial charge in [-0.05, 0) is 24.3 Å². The number of nitrogens with zero attached hydrogens (tertiary/aromatic N) is 2. The van der Waals surface area contributed by atoms with Crippen molar-refractivity contribution in [3.8, 4) is 0 Å². The normalized spacial score (nSPS) is 12.0. The highest BCUT2D eigenvalue weighted by Crippen LogP contribution is 2.11. The number of nitrogen functional groups attached to an aromatic ring is 2. The second-order valence-corrected chi connectivity index (χ2v) is 5.29. The number of benzene rings is 2. The molecule has 0 saturated heterocycles. The van der Waals surface area contributed by atoms with Crippen LogP contribution in [0.2, 0.25) is 0 Å². The number of hydrogen-bond donors (Lipinski definition) is 4. The summed E-state index contributed by atoms with van der Waals surface area (Å²) in [5.74, 6) is 0.770. The van der Waals surface area contributed by atoms with Gasteiger partial charge in [0.15, 0.2) is 0 Å². The summed E-state index contributed by atoms with van der Waals surface area (Å²) in [5.41, 5.74) is 13.1. The minimum absolute atomic E-state index is 0.00584.